The van der Waals surface area contributed by atoms with E-state index >= 15 is 0 Å². The Morgan fingerprint density at radius 2 is 1.15 bits per heavy atom. The molecule has 2 aliphatic heterocycles. The topological polar surface area (TPSA) is 130 Å². The second kappa shape index (κ2) is 20.7. The van der Waals surface area contributed by atoms with E-state index in [1.165, 1.54) is 6.92 Å². The Bertz CT molecular complexity index is 2540. The molecule has 4 aromatic rings. The van der Waals surface area contributed by atoms with Crippen LogP contribution in [0.5, 0.6) is 34.5 Å². The number of benzene rings is 4. The van der Waals surface area contributed by atoms with Gasteiger partial charge in [-0.3, -0.25) is 19.2 Å². The lowest BCUT2D eigenvalue weighted by atomic mass is 9.77. The number of hydrogen-bond donors (Lipinski definition) is 0. The highest BCUT2D eigenvalue weighted by Crippen LogP contribution is 2.43. The summed E-state index contributed by atoms with van der Waals surface area (Å²) >= 11 is 0. The number of likely N-dealkylation sites (N-methyl/N-ethyl adjacent to an activating group) is 1. The number of nitrogens with zero attached hydrogens (tertiary/aromatic N) is 2. The third kappa shape index (κ3) is 11.6. The van der Waals surface area contributed by atoms with Gasteiger partial charge in [0.05, 0.1) is 5.92 Å². The minimum Gasteiger partial charge on any atom is -0.454 e. The summed E-state index contributed by atoms with van der Waals surface area (Å²) in [7, 11) is 0. The summed E-state index contributed by atoms with van der Waals surface area (Å²) in [5, 5.41) is 0. The first kappa shape index (κ1) is 51.4. The van der Waals surface area contributed by atoms with E-state index < -0.39 is 29.1 Å². The highest BCUT2D eigenvalue weighted by molar-refractivity contribution is 5.80. The van der Waals surface area contributed by atoms with Gasteiger partial charge >= 0.3 is 11.9 Å². The molecule has 0 N–H and O–H groups in total. The third-order valence-corrected chi connectivity index (χ3v) is 13.1. The Kier molecular flexibility index (Phi) is 15.6. The minimum absolute atomic E-state index is 0.00341. The van der Waals surface area contributed by atoms with Crippen LogP contribution >= 0.6 is 0 Å². The fourth-order valence-corrected chi connectivity index (χ4v) is 10.3. The molecule has 2 heterocycles. The van der Waals surface area contributed by atoms with Gasteiger partial charge in [0.1, 0.15) is 17.5 Å². The van der Waals surface area contributed by atoms with E-state index in [0.29, 0.717) is 53.9 Å². The molecule has 6 rings (SSSR count). The predicted octanol–water partition coefficient (Wildman–Crippen LogP) is 10.6. The lowest BCUT2D eigenvalue weighted by Gasteiger charge is -2.39. The molecule has 4 unspecified atom stereocenters. The van der Waals surface area contributed by atoms with Crippen LogP contribution in [0.2, 0.25) is 0 Å². The van der Waals surface area contributed by atoms with E-state index in [-0.39, 0.29) is 55.4 Å². The van der Waals surface area contributed by atoms with Crippen LogP contribution in [-0.4, -0.2) is 71.3 Å². The fraction of sp³-hybridized carbons (Fsp3) is 0.500. The normalized spacial score (nSPS) is 15.4. The van der Waals surface area contributed by atoms with Crippen molar-refractivity contribution in [3.05, 3.63) is 105 Å². The quantitative estimate of drug-likeness (QED) is 0.0702. The van der Waals surface area contributed by atoms with Crippen molar-refractivity contribution in [2.75, 3.05) is 13.3 Å². The van der Waals surface area contributed by atoms with Gasteiger partial charge < -0.3 is 38.2 Å². The van der Waals surface area contributed by atoms with Gasteiger partial charge in [-0.2, -0.15) is 0 Å². The van der Waals surface area contributed by atoms with Crippen LogP contribution in [0.4, 0.5) is 0 Å². The first-order valence-corrected chi connectivity index (χ1v) is 24.0. The van der Waals surface area contributed by atoms with Crippen molar-refractivity contribution in [1.82, 2.24) is 9.80 Å². The second-order valence-electron chi connectivity index (χ2n) is 20.6. The number of hydrogen-bond acceptors (Lipinski definition) is 10. The zero-order chi connectivity index (χ0) is 50.0. The molecule has 0 spiro atoms. The summed E-state index contributed by atoms with van der Waals surface area (Å²) in [4.78, 5) is 57.9. The number of fused-ring (bicyclic) bond motifs is 2. The molecule has 2 amide bonds. The van der Waals surface area contributed by atoms with E-state index in [9.17, 15) is 19.2 Å². The molecule has 4 atom stereocenters. The van der Waals surface area contributed by atoms with Gasteiger partial charge in [-0.1, -0.05) is 65.8 Å². The van der Waals surface area contributed by atoms with E-state index in [2.05, 4.69) is 13.0 Å². The summed E-state index contributed by atoms with van der Waals surface area (Å²) in [6, 6.07) is 18.6. The fourth-order valence-electron chi connectivity index (χ4n) is 10.3. The number of esters is 2. The van der Waals surface area contributed by atoms with Gasteiger partial charge in [0.25, 0.3) is 6.29 Å². The van der Waals surface area contributed by atoms with Crippen molar-refractivity contribution in [1.29, 1.82) is 0 Å². The van der Waals surface area contributed by atoms with E-state index in [0.717, 1.165) is 44.5 Å². The maximum absolute atomic E-state index is 14.9. The Morgan fingerprint density at radius 3 is 1.71 bits per heavy atom. The van der Waals surface area contributed by atoms with Gasteiger partial charge in [-0.25, -0.2) is 0 Å². The lowest BCUT2D eigenvalue weighted by Crippen LogP contribution is -2.53. The number of amides is 2. The summed E-state index contributed by atoms with van der Waals surface area (Å²) in [6.07, 6.45) is 0.617. The van der Waals surface area contributed by atoms with Crippen LogP contribution < -0.4 is 28.4 Å². The average molecular weight is 933 g/mol. The average Bonchev–Trinajstić information content (AvgIpc) is 3.86. The van der Waals surface area contributed by atoms with Crippen molar-refractivity contribution in [3.63, 3.8) is 0 Å². The summed E-state index contributed by atoms with van der Waals surface area (Å²) in [5.41, 5.74) is 6.11. The third-order valence-electron chi connectivity index (χ3n) is 13.1. The molecule has 366 valence electrons. The number of aryl methyl sites for hydroxylation is 4. The maximum Gasteiger partial charge on any atom is 0.313 e. The molecule has 0 aromatic heterocycles. The highest BCUT2D eigenvalue weighted by Gasteiger charge is 2.41. The van der Waals surface area contributed by atoms with Gasteiger partial charge in [-0.15, -0.1) is 0 Å². The van der Waals surface area contributed by atoms with Crippen LogP contribution in [-0.2, 0) is 42.8 Å². The van der Waals surface area contributed by atoms with E-state index in [1.54, 1.807) is 0 Å². The monoisotopic (exact) mass is 933 g/mol. The molecule has 0 radical (unpaired) electrons. The first-order chi connectivity index (χ1) is 31.9. The minimum atomic E-state index is -0.812. The second-order valence-corrected chi connectivity index (χ2v) is 20.6. The van der Waals surface area contributed by atoms with Crippen LogP contribution in [0.1, 0.15) is 134 Å². The first-order valence-electron chi connectivity index (χ1n) is 24.0. The maximum atomic E-state index is 14.9. The Labute approximate surface area is 403 Å². The highest BCUT2D eigenvalue weighted by atomic mass is 16.7. The predicted molar refractivity (Wildman–Crippen MR) is 263 cm³/mol. The molecule has 0 bridgehead atoms. The smallest absolute Gasteiger partial charge is 0.313 e. The Balaban J connectivity index is 1.20. The molecule has 4 aromatic carbocycles. The van der Waals surface area contributed by atoms with Gasteiger partial charge in [0.2, 0.25) is 18.6 Å². The van der Waals surface area contributed by atoms with Gasteiger partial charge in [0.15, 0.2) is 23.0 Å². The Hall–Kier alpha value is -6.04. The van der Waals surface area contributed by atoms with Crippen LogP contribution in [0.15, 0.2) is 60.7 Å². The molecule has 2 aliphatic rings. The molecular formula is C56H72N2O10. The van der Waals surface area contributed by atoms with Crippen molar-refractivity contribution >= 4 is 23.8 Å². The molecule has 0 fully saturated rings. The van der Waals surface area contributed by atoms with Gasteiger partial charge in [0, 0.05) is 60.4 Å². The Morgan fingerprint density at radius 1 is 0.647 bits per heavy atom. The standard InChI is InChI=1S/C56H72N2O10/c1-16-57(49(60)29-55(12,13)52-36(7)22-34(5)24-48(52)66-53(62)32(2)3)37(8)25-41-18-20-44-46(28-41)68-54(67-44)39(10)58(38(9)26-42-17-19-43-45(27-42)64-31-63-43)50(61)30-56(14,15)51-35(6)21-33(4)23-47(51)65-40(11)59/h17-24,27-28,32,37-39,54H,16,25-26,29-31H2,1-15H3. The number of carbonyl (C=O) groups is 4. The summed E-state index contributed by atoms with van der Waals surface area (Å²) < 4.78 is 36.0. The summed E-state index contributed by atoms with van der Waals surface area (Å²) in [6.45, 7) is 29.7. The van der Waals surface area contributed by atoms with Gasteiger partial charge in [-0.05, 0) is 138 Å². The largest absolute Gasteiger partial charge is 0.454 e. The van der Waals surface area contributed by atoms with Crippen LogP contribution in [0, 0.1) is 33.6 Å². The molecule has 0 aliphatic carbocycles. The lowest BCUT2D eigenvalue weighted by molar-refractivity contribution is -0.143. The molecular weight excluding hydrogens is 861 g/mol. The van der Waals surface area contributed by atoms with E-state index in [4.69, 9.17) is 28.4 Å². The van der Waals surface area contributed by atoms with Crippen molar-refractivity contribution < 1.29 is 47.6 Å². The number of carbonyl (C=O) groups excluding carboxylic acids is 4. The SMILES string of the molecule is CCN(C(=O)CC(C)(C)c1c(C)cc(C)cc1OC(=O)C(C)C)C(C)Cc1ccc2c(c1)OC(C(C)N(C(=O)CC(C)(C)c1c(C)cc(C)cc1OC(C)=O)C(C)Cc1ccc3c(c1)OCO3)O2. The molecule has 68 heavy (non-hydrogen) atoms. The number of rotatable bonds is 18. The summed E-state index contributed by atoms with van der Waals surface area (Å²) in [5.74, 6) is 2.32. The van der Waals surface area contributed by atoms with Crippen LogP contribution in [0.3, 0.4) is 0 Å². The van der Waals surface area contributed by atoms with E-state index in [1.807, 2.05) is 154 Å². The van der Waals surface area contributed by atoms with Crippen molar-refractivity contribution in [2.24, 2.45) is 5.92 Å². The molecule has 0 saturated carbocycles. The van der Waals surface area contributed by atoms with Crippen molar-refractivity contribution in [2.45, 2.75) is 165 Å². The van der Waals surface area contributed by atoms with Crippen LogP contribution in [0.25, 0.3) is 0 Å². The molecule has 0 saturated heterocycles. The molecule has 12 nitrogen and oxygen atoms in total. The molecule has 12 heteroatoms. The zero-order valence-corrected chi connectivity index (χ0v) is 42.9. The number of ether oxygens (including phenoxy) is 6. The zero-order valence-electron chi connectivity index (χ0n) is 42.9. The van der Waals surface area contributed by atoms with Crippen molar-refractivity contribution in [3.8, 4) is 34.5 Å².